The van der Waals surface area contributed by atoms with Gasteiger partial charge < -0.3 is 9.47 Å². The first-order valence-electron chi connectivity index (χ1n) is 8.65. The summed E-state index contributed by atoms with van der Waals surface area (Å²) in [6.07, 6.45) is 0. The summed E-state index contributed by atoms with van der Waals surface area (Å²) in [7, 11) is 1.65. The average Bonchev–Trinajstić information content (AvgIpc) is 3.11. The van der Waals surface area contributed by atoms with Crippen molar-refractivity contribution in [3.8, 4) is 17.2 Å². The monoisotopic (exact) mass is 377 g/mol. The van der Waals surface area contributed by atoms with Gasteiger partial charge in [-0.25, -0.2) is 0 Å². The Morgan fingerprint density at radius 3 is 2.33 bits per heavy atom. The minimum atomic E-state index is -0.0616. The van der Waals surface area contributed by atoms with Crippen LogP contribution in [0, 0.1) is 0 Å². The molecule has 0 N–H and O–H groups in total. The Labute approximate surface area is 162 Å². The Morgan fingerprint density at radius 2 is 1.59 bits per heavy atom. The number of methoxy groups -OCH3 is 1. The normalized spacial score (nSPS) is 16.4. The number of carbonyl (C=O) groups excluding carboxylic acids is 1. The molecule has 0 aliphatic carbocycles. The van der Waals surface area contributed by atoms with Crippen LogP contribution in [0.5, 0.6) is 17.2 Å². The highest BCUT2D eigenvalue weighted by Crippen LogP contribution is 2.42. The molecule has 0 bridgehead atoms. The molecule has 5 heteroatoms. The molecule has 1 aliphatic heterocycles. The van der Waals surface area contributed by atoms with E-state index < -0.39 is 0 Å². The molecule has 4 nitrogen and oxygen atoms in total. The molecule has 27 heavy (non-hydrogen) atoms. The van der Waals surface area contributed by atoms with Crippen LogP contribution in [0.3, 0.4) is 0 Å². The van der Waals surface area contributed by atoms with Crippen molar-refractivity contribution < 1.29 is 14.3 Å². The van der Waals surface area contributed by atoms with Gasteiger partial charge >= 0.3 is 0 Å². The summed E-state index contributed by atoms with van der Waals surface area (Å²) in [6, 6.07) is 25.1. The third-order valence-corrected chi connectivity index (χ3v) is 5.55. The van der Waals surface area contributed by atoms with Gasteiger partial charge in [0, 0.05) is 5.69 Å². The van der Waals surface area contributed by atoms with Gasteiger partial charge in [0.25, 0.3) is 0 Å². The number of rotatable bonds is 5. The maximum absolute atomic E-state index is 12.5. The van der Waals surface area contributed by atoms with E-state index in [1.807, 2.05) is 83.8 Å². The molecule has 1 saturated heterocycles. The fourth-order valence-electron chi connectivity index (χ4n) is 3.04. The largest absolute Gasteiger partial charge is 0.497 e. The minimum absolute atomic E-state index is 0.0616. The topological polar surface area (TPSA) is 38.8 Å². The van der Waals surface area contributed by atoms with Crippen LogP contribution in [0.1, 0.15) is 10.9 Å². The van der Waals surface area contributed by atoms with Gasteiger partial charge in [0.1, 0.15) is 22.6 Å². The molecule has 0 radical (unpaired) electrons. The first-order chi connectivity index (χ1) is 13.2. The minimum Gasteiger partial charge on any atom is -0.497 e. The van der Waals surface area contributed by atoms with E-state index in [0.29, 0.717) is 5.75 Å². The van der Waals surface area contributed by atoms with Gasteiger partial charge in [0.15, 0.2) is 0 Å². The second-order valence-electron chi connectivity index (χ2n) is 6.11. The number of hydrogen-bond acceptors (Lipinski definition) is 4. The Kier molecular flexibility index (Phi) is 5.03. The Hall–Kier alpha value is -2.92. The predicted molar refractivity (Wildman–Crippen MR) is 109 cm³/mol. The number of carbonyl (C=O) groups is 1. The van der Waals surface area contributed by atoms with Crippen molar-refractivity contribution in [1.82, 2.24) is 0 Å². The van der Waals surface area contributed by atoms with E-state index in [-0.39, 0.29) is 11.3 Å². The molecule has 136 valence electrons. The van der Waals surface area contributed by atoms with Gasteiger partial charge in [-0.15, -0.1) is 11.8 Å². The van der Waals surface area contributed by atoms with Crippen LogP contribution in [0.25, 0.3) is 0 Å². The van der Waals surface area contributed by atoms with Gasteiger partial charge in [-0.1, -0.05) is 30.3 Å². The van der Waals surface area contributed by atoms with E-state index in [0.717, 1.165) is 28.5 Å². The lowest BCUT2D eigenvalue weighted by molar-refractivity contribution is -0.115. The predicted octanol–water partition coefficient (Wildman–Crippen LogP) is 5.27. The molecule has 1 amide bonds. The molecular weight excluding hydrogens is 358 g/mol. The molecule has 0 saturated carbocycles. The van der Waals surface area contributed by atoms with Crippen LogP contribution < -0.4 is 14.4 Å². The number of benzene rings is 3. The Morgan fingerprint density at radius 1 is 0.889 bits per heavy atom. The van der Waals surface area contributed by atoms with Gasteiger partial charge in [0.2, 0.25) is 5.91 Å². The molecule has 4 rings (SSSR count). The number of hydrogen-bond donors (Lipinski definition) is 0. The number of nitrogens with zero attached hydrogens (tertiary/aromatic N) is 1. The van der Waals surface area contributed by atoms with Crippen molar-refractivity contribution in [1.29, 1.82) is 0 Å². The Bertz CT molecular complexity index is 928. The smallest absolute Gasteiger partial charge is 0.238 e. The second-order valence-corrected chi connectivity index (χ2v) is 7.18. The number of thioether (sulfide) groups is 1. The van der Waals surface area contributed by atoms with Gasteiger partial charge in [-0.05, 0) is 54.1 Å². The molecule has 0 aromatic heterocycles. The van der Waals surface area contributed by atoms with E-state index in [2.05, 4.69) is 0 Å². The highest BCUT2D eigenvalue weighted by atomic mass is 32.2. The highest BCUT2D eigenvalue weighted by Gasteiger charge is 2.34. The summed E-state index contributed by atoms with van der Waals surface area (Å²) in [5.74, 6) is 2.88. The van der Waals surface area contributed by atoms with Crippen molar-refractivity contribution in [3.63, 3.8) is 0 Å². The number of para-hydroxylation sites is 1. The highest BCUT2D eigenvalue weighted by molar-refractivity contribution is 8.00. The zero-order valence-corrected chi connectivity index (χ0v) is 15.7. The molecule has 1 fully saturated rings. The zero-order valence-electron chi connectivity index (χ0n) is 14.9. The average molecular weight is 377 g/mol. The molecule has 3 aromatic rings. The lowest BCUT2D eigenvalue weighted by Gasteiger charge is -2.24. The maximum Gasteiger partial charge on any atom is 0.238 e. The van der Waals surface area contributed by atoms with Crippen LogP contribution in [0.4, 0.5) is 5.69 Å². The summed E-state index contributed by atoms with van der Waals surface area (Å²) in [5.41, 5.74) is 1.91. The summed E-state index contributed by atoms with van der Waals surface area (Å²) in [4.78, 5) is 14.4. The standard InChI is InChI=1S/C22H19NO3S/c1-25-20-9-5-6-16(14-20)22-23(21(24)15-27-22)17-10-12-19(13-11-17)26-18-7-3-2-4-8-18/h2-14,22H,15H2,1H3/t22-/m1/s1. The van der Waals surface area contributed by atoms with Crippen molar-refractivity contribution in [2.75, 3.05) is 17.8 Å². The van der Waals surface area contributed by atoms with Crippen LogP contribution in [0.2, 0.25) is 0 Å². The van der Waals surface area contributed by atoms with Crippen LogP contribution >= 0.6 is 11.8 Å². The van der Waals surface area contributed by atoms with Crippen molar-refractivity contribution in [2.45, 2.75) is 5.37 Å². The van der Waals surface area contributed by atoms with Crippen LogP contribution in [-0.4, -0.2) is 18.8 Å². The molecule has 1 atom stereocenters. The molecule has 1 aliphatic rings. The van der Waals surface area contributed by atoms with E-state index in [9.17, 15) is 4.79 Å². The quantitative estimate of drug-likeness (QED) is 0.607. The van der Waals surface area contributed by atoms with E-state index in [1.54, 1.807) is 18.9 Å². The first-order valence-corrected chi connectivity index (χ1v) is 9.70. The lowest BCUT2D eigenvalue weighted by Crippen LogP contribution is -2.27. The van der Waals surface area contributed by atoms with Crippen molar-refractivity contribution >= 4 is 23.4 Å². The third kappa shape index (κ3) is 3.78. The van der Waals surface area contributed by atoms with E-state index in [1.165, 1.54) is 0 Å². The van der Waals surface area contributed by atoms with Gasteiger partial charge in [-0.3, -0.25) is 9.69 Å². The number of anilines is 1. The van der Waals surface area contributed by atoms with E-state index >= 15 is 0 Å². The fraction of sp³-hybridized carbons (Fsp3) is 0.136. The van der Waals surface area contributed by atoms with Crippen LogP contribution in [-0.2, 0) is 4.79 Å². The van der Waals surface area contributed by atoms with E-state index in [4.69, 9.17) is 9.47 Å². The number of amides is 1. The molecule has 0 unspecified atom stereocenters. The summed E-state index contributed by atoms with van der Waals surface area (Å²) in [5, 5.41) is -0.0616. The van der Waals surface area contributed by atoms with Crippen molar-refractivity contribution in [3.05, 3.63) is 84.4 Å². The first kappa shape index (κ1) is 17.5. The van der Waals surface area contributed by atoms with Crippen LogP contribution in [0.15, 0.2) is 78.9 Å². The molecule has 3 aromatic carbocycles. The number of ether oxygens (including phenoxy) is 2. The molecule has 1 heterocycles. The second kappa shape index (κ2) is 7.76. The van der Waals surface area contributed by atoms with Gasteiger partial charge in [-0.2, -0.15) is 0 Å². The summed E-state index contributed by atoms with van der Waals surface area (Å²) < 4.78 is 11.2. The lowest BCUT2D eigenvalue weighted by atomic mass is 10.1. The van der Waals surface area contributed by atoms with Gasteiger partial charge in [0.05, 0.1) is 12.9 Å². The summed E-state index contributed by atoms with van der Waals surface area (Å²) in [6.45, 7) is 0. The van der Waals surface area contributed by atoms with Crippen molar-refractivity contribution in [2.24, 2.45) is 0 Å². The zero-order chi connectivity index (χ0) is 18.6. The third-order valence-electron chi connectivity index (χ3n) is 4.34. The molecular formula is C22H19NO3S. The summed E-state index contributed by atoms with van der Waals surface area (Å²) >= 11 is 1.62. The Balaban J connectivity index is 1.57. The molecule has 0 spiro atoms. The maximum atomic E-state index is 12.5. The fourth-order valence-corrected chi connectivity index (χ4v) is 4.21. The SMILES string of the molecule is COc1cccc([C@H]2SCC(=O)N2c2ccc(Oc3ccccc3)cc2)c1.